The van der Waals surface area contributed by atoms with Crippen LogP contribution < -0.4 is 4.90 Å². The molecule has 0 radical (unpaired) electrons. The standard InChI is InChI=1S/C54H36N2S/c1-4-14-37(15-5-1)39-24-29-43(30-25-39)55(42-18-8-3-9-19-42)54-45(33-35-52-53(54)47-21-11-13-23-51(47)57-52)41-28-34-50-48(36-41)46-20-10-12-22-49(46)56(50)44-31-26-40(27-32-44)38-16-6-2-7-17-38/h1-36H. The van der Waals surface area contributed by atoms with Crippen molar-refractivity contribution in [2.75, 3.05) is 4.90 Å². The summed E-state index contributed by atoms with van der Waals surface area (Å²) >= 11 is 1.86. The summed E-state index contributed by atoms with van der Waals surface area (Å²) in [6.45, 7) is 0. The molecule has 0 N–H and O–H groups in total. The van der Waals surface area contributed by atoms with Crippen LogP contribution in [0, 0.1) is 0 Å². The fourth-order valence-corrected chi connectivity index (χ4v) is 9.64. The van der Waals surface area contributed by atoms with Crippen LogP contribution in [-0.4, -0.2) is 4.57 Å². The fourth-order valence-electron chi connectivity index (χ4n) is 8.53. The summed E-state index contributed by atoms with van der Waals surface area (Å²) in [5.74, 6) is 0. The minimum atomic E-state index is 1.11. The van der Waals surface area contributed by atoms with Gasteiger partial charge in [0, 0.05) is 53.6 Å². The minimum absolute atomic E-state index is 1.11. The predicted octanol–water partition coefficient (Wildman–Crippen LogP) is 15.6. The maximum Gasteiger partial charge on any atom is 0.0633 e. The second kappa shape index (κ2) is 13.8. The Morgan fingerprint density at radius 1 is 0.351 bits per heavy atom. The van der Waals surface area contributed by atoms with E-state index in [9.17, 15) is 0 Å². The zero-order valence-electron chi connectivity index (χ0n) is 31.1. The van der Waals surface area contributed by atoms with Gasteiger partial charge in [0.05, 0.1) is 16.7 Å². The van der Waals surface area contributed by atoms with Gasteiger partial charge < -0.3 is 9.47 Å². The summed E-state index contributed by atoms with van der Waals surface area (Å²) in [7, 11) is 0. The quantitative estimate of drug-likeness (QED) is 0.158. The van der Waals surface area contributed by atoms with Crippen LogP contribution >= 0.6 is 11.3 Å². The summed E-state index contributed by atoms with van der Waals surface area (Å²) < 4.78 is 4.97. The van der Waals surface area contributed by atoms with E-state index >= 15 is 0 Å². The number of nitrogens with zero attached hydrogens (tertiary/aromatic N) is 2. The summed E-state index contributed by atoms with van der Waals surface area (Å²) in [5, 5.41) is 5.01. The lowest BCUT2D eigenvalue weighted by atomic mass is 9.96. The van der Waals surface area contributed by atoms with Crippen LogP contribution in [0.2, 0.25) is 0 Å². The van der Waals surface area contributed by atoms with E-state index in [0.717, 1.165) is 17.1 Å². The average Bonchev–Trinajstić information content (AvgIpc) is 3.84. The van der Waals surface area contributed by atoms with Crippen molar-refractivity contribution in [1.29, 1.82) is 0 Å². The Morgan fingerprint density at radius 2 is 0.877 bits per heavy atom. The number of fused-ring (bicyclic) bond motifs is 6. The van der Waals surface area contributed by atoms with Crippen molar-refractivity contribution in [2.45, 2.75) is 0 Å². The highest BCUT2D eigenvalue weighted by atomic mass is 32.1. The van der Waals surface area contributed by atoms with E-state index in [1.54, 1.807) is 0 Å². The van der Waals surface area contributed by atoms with E-state index in [1.807, 2.05) is 11.3 Å². The lowest BCUT2D eigenvalue weighted by Crippen LogP contribution is -2.11. The van der Waals surface area contributed by atoms with Gasteiger partial charge in [-0.25, -0.2) is 0 Å². The molecule has 0 unspecified atom stereocenters. The molecule has 11 aromatic rings. The molecule has 0 aliphatic carbocycles. The van der Waals surface area contributed by atoms with E-state index in [2.05, 4.69) is 228 Å². The highest BCUT2D eigenvalue weighted by Crippen LogP contribution is 2.50. The molecule has 0 bridgehead atoms. The summed E-state index contributed by atoms with van der Waals surface area (Å²) in [5.41, 5.74) is 14.2. The van der Waals surface area contributed by atoms with Crippen molar-refractivity contribution >= 4 is 70.4 Å². The minimum Gasteiger partial charge on any atom is -0.309 e. The molecule has 11 rings (SSSR count). The highest BCUT2D eigenvalue weighted by Gasteiger charge is 2.24. The molecule has 2 heterocycles. The van der Waals surface area contributed by atoms with Gasteiger partial charge in [0.2, 0.25) is 0 Å². The van der Waals surface area contributed by atoms with Gasteiger partial charge in [-0.05, 0) is 94.5 Å². The van der Waals surface area contributed by atoms with Gasteiger partial charge >= 0.3 is 0 Å². The number of aromatic nitrogens is 1. The Morgan fingerprint density at radius 3 is 1.58 bits per heavy atom. The zero-order chi connectivity index (χ0) is 37.7. The third kappa shape index (κ3) is 5.71. The molecule has 0 fully saturated rings. The first-order chi connectivity index (χ1) is 28.3. The molecule has 268 valence electrons. The van der Waals surface area contributed by atoms with E-state index in [1.165, 1.54) is 81.0 Å². The van der Waals surface area contributed by atoms with Crippen LogP contribution in [-0.2, 0) is 0 Å². The second-order valence-corrected chi connectivity index (χ2v) is 15.6. The first-order valence-corrected chi connectivity index (χ1v) is 20.2. The van der Waals surface area contributed by atoms with E-state index in [4.69, 9.17) is 0 Å². The number of thiophene rings is 1. The average molecular weight is 745 g/mol. The number of hydrogen-bond donors (Lipinski definition) is 0. The number of hydrogen-bond acceptors (Lipinski definition) is 2. The second-order valence-electron chi connectivity index (χ2n) is 14.5. The first kappa shape index (κ1) is 33.2. The summed E-state index contributed by atoms with van der Waals surface area (Å²) in [4.78, 5) is 2.47. The number of para-hydroxylation sites is 2. The van der Waals surface area contributed by atoms with Crippen molar-refractivity contribution in [3.8, 4) is 39.1 Å². The molecule has 9 aromatic carbocycles. The topological polar surface area (TPSA) is 8.17 Å². The van der Waals surface area contributed by atoms with Crippen molar-refractivity contribution in [2.24, 2.45) is 0 Å². The number of anilines is 3. The van der Waals surface area contributed by atoms with Crippen molar-refractivity contribution in [1.82, 2.24) is 4.57 Å². The normalized spacial score (nSPS) is 11.5. The van der Waals surface area contributed by atoms with Crippen LogP contribution in [0.5, 0.6) is 0 Å². The molecule has 2 nitrogen and oxygen atoms in total. The molecule has 57 heavy (non-hydrogen) atoms. The Labute approximate surface area is 335 Å². The first-order valence-electron chi connectivity index (χ1n) is 19.4. The predicted molar refractivity (Wildman–Crippen MR) is 245 cm³/mol. The third-order valence-electron chi connectivity index (χ3n) is 11.2. The molecule has 0 saturated carbocycles. The Hall–Kier alpha value is -7.20. The highest BCUT2D eigenvalue weighted by molar-refractivity contribution is 7.26. The molecular formula is C54H36N2S. The van der Waals surface area contributed by atoms with Gasteiger partial charge in [0.1, 0.15) is 0 Å². The smallest absolute Gasteiger partial charge is 0.0633 e. The monoisotopic (exact) mass is 744 g/mol. The van der Waals surface area contributed by atoms with E-state index in [0.29, 0.717) is 0 Å². The summed E-state index contributed by atoms with van der Waals surface area (Å²) in [6.07, 6.45) is 0. The van der Waals surface area contributed by atoms with E-state index < -0.39 is 0 Å². The molecule has 0 aliphatic heterocycles. The largest absolute Gasteiger partial charge is 0.309 e. The van der Waals surface area contributed by atoms with Crippen molar-refractivity contribution in [3.05, 3.63) is 218 Å². The van der Waals surface area contributed by atoms with Gasteiger partial charge in [0.15, 0.2) is 0 Å². The van der Waals surface area contributed by atoms with Crippen LogP contribution in [0.4, 0.5) is 17.1 Å². The lowest BCUT2D eigenvalue weighted by molar-refractivity contribution is 1.18. The van der Waals surface area contributed by atoms with Gasteiger partial charge in [-0.15, -0.1) is 11.3 Å². The molecule has 0 spiro atoms. The molecule has 0 amide bonds. The maximum atomic E-state index is 2.47. The Balaban J connectivity index is 1.14. The summed E-state index contributed by atoms with van der Waals surface area (Å²) in [6, 6.07) is 79.4. The fraction of sp³-hybridized carbons (Fsp3) is 0. The third-order valence-corrected chi connectivity index (χ3v) is 12.3. The Kier molecular flexibility index (Phi) is 8.04. The Bertz CT molecular complexity index is 3200. The molecule has 3 heteroatoms. The number of rotatable bonds is 7. The van der Waals surface area contributed by atoms with Gasteiger partial charge in [-0.3, -0.25) is 0 Å². The van der Waals surface area contributed by atoms with Gasteiger partial charge in [-0.2, -0.15) is 0 Å². The van der Waals surface area contributed by atoms with Gasteiger partial charge in [-0.1, -0.05) is 152 Å². The molecule has 2 aromatic heterocycles. The van der Waals surface area contributed by atoms with Crippen molar-refractivity contribution in [3.63, 3.8) is 0 Å². The SMILES string of the molecule is c1ccc(-c2ccc(N(c3ccccc3)c3c(-c4ccc5c(c4)c4ccccc4n5-c4ccc(-c5ccccc5)cc4)ccc4sc5ccccc5c34)cc2)cc1. The van der Waals surface area contributed by atoms with E-state index in [-0.39, 0.29) is 0 Å². The van der Waals surface area contributed by atoms with Crippen LogP contribution in [0.15, 0.2) is 218 Å². The van der Waals surface area contributed by atoms with Crippen LogP contribution in [0.25, 0.3) is 81.0 Å². The maximum absolute atomic E-state index is 2.47. The molecule has 0 saturated heterocycles. The molecule has 0 aliphatic rings. The molecule has 0 atom stereocenters. The van der Waals surface area contributed by atoms with Crippen molar-refractivity contribution < 1.29 is 0 Å². The van der Waals surface area contributed by atoms with Crippen LogP contribution in [0.1, 0.15) is 0 Å². The zero-order valence-corrected chi connectivity index (χ0v) is 31.9. The van der Waals surface area contributed by atoms with Gasteiger partial charge in [0.25, 0.3) is 0 Å². The molecular weight excluding hydrogens is 709 g/mol. The number of benzene rings is 9. The van der Waals surface area contributed by atoms with Crippen LogP contribution in [0.3, 0.4) is 0 Å². The lowest BCUT2D eigenvalue weighted by Gasteiger charge is -2.29.